The van der Waals surface area contributed by atoms with E-state index in [-0.39, 0.29) is 0 Å². The van der Waals surface area contributed by atoms with Gasteiger partial charge >= 0.3 is 0 Å². The van der Waals surface area contributed by atoms with Gasteiger partial charge in [0, 0.05) is 6.54 Å². The summed E-state index contributed by atoms with van der Waals surface area (Å²) in [6.45, 7) is 8.26. The van der Waals surface area contributed by atoms with Gasteiger partial charge in [0.15, 0.2) is 5.82 Å². The van der Waals surface area contributed by atoms with Crippen molar-refractivity contribution in [2.24, 2.45) is 11.7 Å². The quantitative estimate of drug-likeness (QED) is 0.849. The van der Waals surface area contributed by atoms with Crippen LogP contribution in [0.5, 0.6) is 5.75 Å². The molecule has 1 heterocycles. The van der Waals surface area contributed by atoms with Gasteiger partial charge < -0.3 is 10.5 Å². The maximum Gasteiger partial charge on any atom is 0.164 e. The monoisotopic (exact) mass is 288 g/mol. The molecule has 1 aromatic carbocycles. The van der Waals surface area contributed by atoms with Gasteiger partial charge in [-0.05, 0) is 36.9 Å². The Morgan fingerprint density at radius 2 is 2.14 bits per heavy atom. The van der Waals surface area contributed by atoms with Crippen molar-refractivity contribution in [2.45, 2.75) is 40.3 Å². The highest BCUT2D eigenvalue weighted by Gasteiger charge is 2.10. The van der Waals surface area contributed by atoms with Gasteiger partial charge in [-0.15, -0.1) is 0 Å². The zero-order chi connectivity index (χ0) is 15.2. The van der Waals surface area contributed by atoms with Crippen molar-refractivity contribution in [1.29, 1.82) is 0 Å². The lowest BCUT2D eigenvalue weighted by Gasteiger charge is -2.14. The predicted octanol–water partition coefficient (Wildman–Crippen LogP) is 2.32. The van der Waals surface area contributed by atoms with E-state index in [1.165, 1.54) is 0 Å². The minimum absolute atomic E-state index is 0.426. The molecule has 0 bridgehead atoms. The van der Waals surface area contributed by atoms with Crippen LogP contribution >= 0.6 is 0 Å². The van der Waals surface area contributed by atoms with Crippen LogP contribution in [0.15, 0.2) is 24.5 Å². The molecule has 0 fully saturated rings. The van der Waals surface area contributed by atoms with E-state index >= 15 is 0 Å². The summed E-state index contributed by atoms with van der Waals surface area (Å²) in [4.78, 5) is 4.29. The Kier molecular flexibility index (Phi) is 5.33. The van der Waals surface area contributed by atoms with Gasteiger partial charge in [0.05, 0.1) is 0 Å². The maximum atomic E-state index is 6.01. The van der Waals surface area contributed by atoms with Crippen molar-refractivity contribution in [3.8, 4) is 5.75 Å². The number of hydrogen-bond acceptors (Lipinski definition) is 4. The normalized spacial score (nSPS) is 11.1. The van der Waals surface area contributed by atoms with E-state index < -0.39 is 0 Å². The first kappa shape index (κ1) is 15.5. The minimum atomic E-state index is 0.426. The van der Waals surface area contributed by atoms with Gasteiger partial charge in [-0.25, -0.2) is 9.67 Å². The first-order valence-corrected chi connectivity index (χ1v) is 7.39. The number of hydrogen-bond donors (Lipinski definition) is 1. The number of aryl methyl sites for hydroxylation is 1. The molecular weight excluding hydrogens is 264 g/mol. The Bertz CT molecular complexity index is 577. The highest BCUT2D eigenvalue weighted by molar-refractivity contribution is 5.41. The van der Waals surface area contributed by atoms with Gasteiger partial charge in [-0.2, -0.15) is 5.10 Å². The largest absolute Gasteiger partial charge is 0.485 e. The smallest absolute Gasteiger partial charge is 0.164 e. The predicted molar refractivity (Wildman–Crippen MR) is 83.1 cm³/mol. The Balaban J connectivity index is 2.11. The van der Waals surface area contributed by atoms with Gasteiger partial charge in [-0.3, -0.25) is 0 Å². The van der Waals surface area contributed by atoms with Crippen LogP contribution in [0, 0.1) is 12.8 Å². The van der Waals surface area contributed by atoms with E-state index in [1.54, 1.807) is 6.33 Å². The molecule has 114 valence electrons. The molecule has 2 aromatic rings. The highest BCUT2D eigenvalue weighted by Crippen LogP contribution is 2.24. The van der Waals surface area contributed by atoms with Crippen LogP contribution < -0.4 is 10.5 Å². The first-order chi connectivity index (χ1) is 10.1. The number of aromatic nitrogens is 3. The van der Waals surface area contributed by atoms with Crippen molar-refractivity contribution >= 4 is 0 Å². The first-order valence-electron chi connectivity index (χ1n) is 7.39. The van der Waals surface area contributed by atoms with E-state index in [0.717, 1.165) is 35.7 Å². The molecule has 0 unspecified atom stereocenters. The van der Waals surface area contributed by atoms with Gasteiger partial charge in [-0.1, -0.05) is 32.0 Å². The summed E-state index contributed by atoms with van der Waals surface area (Å²) in [5.41, 5.74) is 7.93. The fraction of sp³-hybridized carbons (Fsp3) is 0.500. The third-order valence-corrected chi connectivity index (χ3v) is 3.29. The fourth-order valence-corrected chi connectivity index (χ4v) is 2.31. The number of rotatable bonds is 7. The standard InChI is InChI=1S/C16H24N4O/c1-12(2)9-20-15(18-11-19-20)10-21-16-13(3)5-4-6-14(16)7-8-17/h4-6,11-12H,7-10,17H2,1-3H3. The fourth-order valence-electron chi connectivity index (χ4n) is 2.31. The second kappa shape index (κ2) is 7.22. The van der Waals surface area contributed by atoms with Crippen LogP contribution in [0.4, 0.5) is 0 Å². The summed E-state index contributed by atoms with van der Waals surface area (Å²) >= 11 is 0. The van der Waals surface area contributed by atoms with Crippen molar-refractivity contribution < 1.29 is 4.74 Å². The highest BCUT2D eigenvalue weighted by atomic mass is 16.5. The van der Waals surface area contributed by atoms with E-state index in [9.17, 15) is 0 Å². The molecule has 0 saturated carbocycles. The molecule has 0 aliphatic rings. The number of benzene rings is 1. The Hall–Kier alpha value is -1.88. The van der Waals surface area contributed by atoms with E-state index in [1.807, 2.05) is 23.7 Å². The summed E-state index contributed by atoms with van der Waals surface area (Å²) in [7, 11) is 0. The molecule has 2 N–H and O–H groups in total. The molecule has 0 saturated heterocycles. The molecule has 5 heteroatoms. The second-order valence-electron chi connectivity index (χ2n) is 5.64. The van der Waals surface area contributed by atoms with Gasteiger partial charge in [0.2, 0.25) is 0 Å². The molecule has 0 aliphatic carbocycles. The number of ether oxygens (including phenoxy) is 1. The van der Waals surface area contributed by atoms with Crippen LogP contribution in [-0.4, -0.2) is 21.3 Å². The topological polar surface area (TPSA) is 66.0 Å². The summed E-state index contributed by atoms with van der Waals surface area (Å²) in [6.07, 6.45) is 2.40. The number of para-hydroxylation sites is 1. The minimum Gasteiger partial charge on any atom is -0.485 e. The molecule has 0 spiro atoms. The van der Waals surface area contributed by atoms with Crippen molar-refractivity contribution in [3.63, 3.8) is 0 Å². The zero-order valence-electron chi connectivity index (χ0n) is 13.0. The second-order valence-corrected chi connectivity index (χ2v) is 5.64. The average molecular weight is 288 g/mol. The lowest BCUT2D eigenvalue weighted by atomic mass is 10.1. The van der Waals surface area contributed by atoms with Crippen molar-refractivity contribution in [2.75, 3.05) is 6.54 Å². The summed E-state index contributed by atoms with van der Waals surface area (Å²) in [5, 5.41) is 4.26. The van der Waals surface area contributed by atoms with Crippen LogP contribution in [0.1, 0.15) is 30.8 Å². The molecule has 1 aromatic heterocycles. The average Bonchev–Trinajstić information content (AvgIpc) is 2.85. The zero-order valence-corrected chi connectivity index (χ0v) is 13.0. The van der Waals surface area contributed by atoms with E-state index in [4.69, 9.17) is 10.5 Å². The molecule has 2 rings (SSSR count). The summed E-state index contributed by atoms with van der Waals surface area (Å²) < 4.78 is 7.92. The van der Waals surface area contributed by atoms with Crippen LogP contribution in [0.3, 0.4) is 0 Å². The summed E-state index contributed by atoms with van der Waals surface area (Å²) in [5.74, 6) is 2.30. The van der Waals surface area contributed by atoms with Crippen molar-refractivity contribution in [1.82, 2.24) is 14.8 Å². The molecule has 5 nitrogen and oxygen atoms in total. The molecular formula is C16H24N4O. The molecule has 0 amide bonds. The van der Waals surface area contributed by atoms with E-state index in [0.29, 0.717) is 19.1 Å². The third kappa shape index (κ3) is 4.04. The van der Waals surface area contributed by atoms with Crippen LogP contribution in [0.2, 0.25) is 0 Å². The SMILES string of the molecule is Cc1cccc(CCN)c1OCc1ncnn1CC(C)C. The van der Waals surface area contributed by atoms with Crippen LogP contribution in [0.25, 0.3) is 0 Å². The molecule has 0 radical (unpaired) electrons. The Morgan fingerprint density at radius 1 is 1.33 bits per heavy atom. The van der Waals surface area contributed by atoms with Gasteiger partial charge in [0.25, 0.3) is 0 Å². The van der Waals surface area contributed by atoms with Crippen molar-refractivity contribution in [3.05, 3.63) is 41.5 Å². The third-order valence-electron chi connectivity index (χ3n) is 3.29. The molecule has 0 atom stereocenters. The van der Waals surface area contributed by atoms with Crippen LogP contribution in [-0.2, 0) is 19.6 Å². The molecule has 0 aliphatic heterocycles. The maximum absolute atomic E-state index is 6.01. The Labute approximate surface area is 126 Å². The lowest BCUT2D eigenvalue weighted by molar-refractivity contribution is 0.278. The number of nitrogens with zero attached hydrogens (tertiary/aromatic N) is 3. The molecule has 21 heavy (non-hydrogen) atoms. The summed E-state index contributed by atoms with van der Waals surface area (Å²) in [6, 6.07) is 6.15. The van der Waals surface area contributed by atoms with E-state index in [2.05, 4.69) is 30.0 Å². The Morgan fingerprint density at radius 3 is 2.86 bits per heavy atom. The van der Waals surface area contributed by atoms with Gasteiger partial charge in [0.1, 0.15) is 18.7 Å². The lowest BCUT2D eigenvalue weighted by Crippen LogP contribution is -2.13. The number of nitrogens with two attached hydrogens (primary N) is 1.